The molecule has 3 rings (SSSR count). The molecule has 2 aliphatic heterocycles. The molecule has 0 bridgehead atoms. The topological polar surface area (TPSA) is 53.7 Å². The van der Waals surface area contributed by atoms with Crippen molar-refractivity contribution in [3.05, 3.63) is 23.8 Å². The van der Waals surface area contributed by atoms with Gasteiger partial charge in [-0.15, -0.1) is 0 Å². The summed E-state index contributed by atoms with van der Waals surface area (Å²) >= 11 is 0. The van der Waals surface area contributed by atoms with Crippen LogP contribution in [0.4, 0.5) is 0 Å². The van der Waals surface area contributed by atoms with E-state index < -0.39 is 0 Å². The van der Waals surface area contributed by atoms with E-state index in [4.69, 9.17) is 19.9 Å². The second-order valence-electron chi connectivity index (χ2n) is 5.46. The smallest absolute Gasteiger partial charge is 0.127 e. The lowest BCUT2D eigenvalue weighted by atomic mass is 9.93. The Bertz CT molecular complexity index is 463. The SMILES string of the molecule is COc1ccc2c(c1)C(N)CC(C1CCC(C)O1)O2. The van der Waals surface area contributed by atoms with Crippen molar-refractivity contribution < 1.29 is 14.2 Å². The summed E-state index contributed by atoms with van der Waals surface area (Å²) in [4.78, 5) is 0. The molecule has 2 N–H and O–H groups in total. The summed E-state index contributed by atoms with van der Waals surface area (Å²) in [7, 11) is 1.66. The molecule has 2 heterocycles. The van der Waals surface area contributed by atoms with Crippen LogP contribution >= 0.6 is 0 Å². The summed E-state index contributed by atoms with van der Waals surface area (Å²) in [6.45, 7) is 2.11. The maximum atomic E-state index is 6.27. The zero-order valence-corrected chi connectivity index (χ0v) is 11.5. The van der Waals surface area contributed by atoms with Gasteiger partial charge in [0, 0.05) is 18.0 Å². The van der Waals surface area contributed by atoms with Crippen molar-refractivity contribution in [1.82, 2.24) is 0 Å². The molecule has 0 saturated carbocycles. The molecule has 1 fully saturated rings. The predicted octanol–water partition coefficient (Wildman–Crippen LogP) is 2.41. The van der Waals surface area contributed by atoms with E-state index in [0.29, 0.717) is 6.10 Å². The number of rotatable bonds is 2. The Labute approximate surface area is 113 Å². The minimum absolute atomic E-state index is 0.0108. The van der Waals surface area contributed by atoms with Crippen LogP contribution in [0.15, 0.2) is 18.2 Å². The highest BCUT2D eigenvalue weighted by Gasteiger charge is 2.36. The molecule has 104 valence electrons. The third kappa shape index (κ3) is 2.42. The van der Waals surface area contributed by atoms with Crippen LogP contribution in [0.1, 0.15) is 37.8 Å². The number of hydrogen-bond acceptors (Lipinski definition) is 4. The van der Waals surface area contributed by atoms with Crippen LogP contribution in [-0.2, 0) is 4.74 Å². The first kappa shape index (κ1) is 12.8. The molecule has 0 aliphatic carbocycles. The Balaban J connectivity index is 1.80. The minimum atomic E-state index is -0.0108. The summed E-state index contributed by atoms with van der Waals surface area (Å²) < 4.78 is 17.2. The molecular weight excluding hydrogens is 242 g/mol. The van der Waals surface area contributed by atoms with Crippen LogP contribution in [0, 0.1) is 0 Å². The Morgan fingerprint density at radius 2 is 2.11 bits per heavy atom. The van der Waals surface area contributed by atoms with Gasteiger partial charge < -0.3 is 19.9 Å². The van der Waals surface area contributed by atoms with Crippen LogP contribution in [0.5, 0.6) is 11.5 Å². The number of fused-ring (bicyclic) bond motifs is 1. The lowest BCUT2D eigenvalue weighted by molar-refractivity contribution is -0.0281. The van der Waals surface area contributed by atoms with E-state index in [-0.39, 0.29) is 18.2 Å². The van der Waals surface area contributed by atoms with Gasteiger partial charge in [0.25, 0.3) is 0 Å². The van der Waals surface area contributed by atoms with Gasteiger partial charge in [-0.3, -0.25) is 0 Å². The van der Waals surface area contributed by atoms with Crippen molar-refractivity contribution >= 4 is 0 Å². The molecule has 4 heteroatoms. The first-order valence-corrected chi connectivity index (χ1v) is 6.93. The molecule has 0 radical (unpaired) electrons. The Morgan fingerprint density at radius 3 is 2.79 bits per heavy atom. The molecular formula is C15H21NO3. The van der Waals surface area contributed by atoms with Gasteiger partial charge in [-0.1, -0.05) is 0 Å². The average molecular weight is 263 g/mol. The summed E-state index contributed by atoms with van der Waals surface area (Å²) in [5.74, 6) is 1.69. The molecule has 4 atom stereocenters. The molecule has 19 heavy (non-hydrogen) atoms. The van der Waals surface area contributed by atoms with Gasteiger partial charge in [0.05, 0.1) is 19.3 Å². The van der Waals surface area contributed by atoms with Crippen LogP contribution in [0.2, 0.25) is 0 Å². The number of methoxy groups -OCH3 is 1. The highest BCUT2D eigenvalue weighted by atomic mass is 16.6. The zero-order chi connectivity index (χ0) is 13.4. The lowest BCUT2D eigenvalue weighted by Crippen LogP contribution is -2.38. The number of nitrogens with two attached hydrogens (primary N) is 1. The van der Waals surface area contributed by atoms with Gasteiger partial charge >= 0.3 is 0 Å². The first-order chi connectivity index (χ1) is 9.17. The molecule has 1 aromatic rings. The fraction of sp³-hybridized carbons (Fsp3) is 0.600. The van der Waals surface area contributed by atoms with Crippen molar-refractivity contribution in [3.63, 3.8) is 0 Å². The first-order valence-electron chi connectivity index (χ1n) is 6.93. The summed E-state index contributed by atoms with van der Waals surface area (Å²) in [6.07, 6.45) is 3.55. The van der Waals surface area contributed by atoms with Crippen molar-refractivity contribution in [2.75, 3.05) is 7.11 Å². The normalized spacial score (nSPS) is 33.6. The number of benzene rings is 1. The van der Waals surface area contributed by atoms with Gasteiger partial charge in [0.2, 0.25) is 0 Å². The third-order valence-corrected chi connectivity index (χ3v) is 4.06. The van der Waals surface area contributed by atoms with Gasteiger partial charge in [0.1, 0.15) is 17.6 Å². The largest absolute Gasteiger partial charge is 0.497 e. The van der Waals surface area contributed by atoms with Crippen molar-refractivity contribution in [1.29, 1.82) is 0 Å². The fourth-order valence-electron chi connectivity index (χ4n) is 2.97. The molecule has 0 spiro atoms. The molecule has 4 nitrogen and oxygen atoms in total. The van der Waals surface area contributed by atoms with Crippen molar-refractivity contribution in [2.45, 2.75) is 50.5 Å². The summed E-state index contributed by atoms with van der Waals surface area (Å²) in [5.41, 5.74) is 7.30. The number of ether oxygens (including phenoxy) is 3. The van der Waals surface area contributed by atoms with Crippen molar-refractivity contribution in [2.24, 2.45) is 5.73 Å². The van der Waals surface area contributed by atoms with Gasteiger partial charge in [-0.2, -0.15) is 0 Å². The van der Waals surface area contributed by atoms with E-state index in [0.717, 1.165) is 36.3 Å². The van der Waals surface area contributed by atoms with Gasteiger partial charge in [-0.05, 0) is 38.0 Å². The van der Waals surface area contributed by atoms with Gasteiger partial charge in [0.15, 0.2) is 0 Å². The third-order valence-electron chi connectivity index (χ3n) is 4.06. The Kier molecular flexibility index (Phi) is 3.37. The fourth-order valence-corrected chi connectivity index (χ4v) is 2.97. The molecule has 4 unspecified atom stereocenters. The monoisotopic (exact) mass is 263 g/mol. The average Bonchev–Trinajstić information content (AvgIpc) is 2.85. The zero-order valence-electron chi connectivity index (χ0n) is 11.5. The maximum Gasteiger partial charge on any atom is 0.127 e. The van der Waals surface area contributed by atoms with E-state index in [2.05, 4.69) is 6.92 Å². The minimum Gasteiger partial charge on any atom is -0.497 e. The van der Waals surface area contributed by atoms with E-state index in [9.17, 15) is 0 Å². The van der Waals surface area contributed by atoms with Crippen LogP contribution in [-0.4, -0.2) is 25.4 Å². The Hall–Kier alpha value is -1.26. The second kappa shape index (κ2) is 5.02. The predicted molar refractivity (Wildman–Crippen MR) is 72.5 cm³/mol. The molecule has 0 amide bonds. The molecule has 1 aromatic carbocycles. The Morgan fingerprint density at radius 1 is 1.26 bits per heavy atom. The second-order valence-corrected chi connectivity index (χ2v) is 5.46. The quantitative estimate of drug-likeness (QED) is 0.890. The van der Waals surface area contributed by atoms with E-state index in [1.54, 1.807) is 7.11 Å². The summed E-state index contributed by atoms with van der Waals surface area (Å²) in [6, 6.07) is 5.81. The summed E-state index contributed by atoms with van der Waals surface area (Å²) in [5, 5.41) is 0. The van der Waals surface area contributed by atoms with Crippen molar-refractivity contribution in [3.8, 4) is 11.5 Å². The molecule has 2 aliphatic rings. The lowest BCUT2D eigenvalue weighted by Gasteiger charge is -2.33. The number of hydrogen-bond donors (Lipinski definition) is 1. The standard InChI is InChI=1S/C15H21NO3/c1-9-3-5-14(18-9)15-8-12(16)11-7-10(17-2)4-6-13(11)19-15/h4,6-7,9,12,14-15H,3,5,8,16H2,1-2H3. The highest BCUT2D eigenvalue weighted by Crippen LogP contribution is 2.39. The molecule has 1 saturated heterocycles. The highest BCUT2D eigenvalue weighted by molar-refractivity contribution is 5.43. The molecule has 0 aromatic heterocycles. The van der Waals surface area contributed by atoms with Crippen LogP contribution in [0.25, 0.3) is 0 Å². The van der Waals surface area contributed by atoms with E-state index in [1.807, 2.05) is 18.2 Å². The van der Waals surface area contributed by atoms with E-state index >= 15 is 0 Å². The van der Waals surface area contributed by atoms with E-state index in [1.165, 1.54) is 0 Å². The van der Waals surface area contributed by atoms with Gasteiger partial charge in [-0.25, -0.2) is 0 Å². The van der Waals surface area contributed by atoms with Crippen LogP contribution in [0.3, 0.4) is 0 Å². The van der Waals surface area contributed by atoms with Crippen LogP contribution < -0.4 is 15.2 Å². The maximum absolute atomic E-state index is 6.27.